The summed E-state index contributed by atoms with van der Waals surface area (Å²) in [5.41, 5.74) is 0. The molecule has 1 aliphatic heterocycles. The number of hydrogen-bond donors (Lipinski definition) is 2. The van der Waals surface area contributed by atoms with Gasteiger partial charge in [0.05, 0.1) is 13.2 Å². The van der Waals surface area contributed by atoms with Crippen molar-refractivity contribution in [3.05, 3.63) is 0 Å². The van der Waals surface area contributed by atoms with Crippen LogP contribution in [0.2, 0.25) is 0 Å². The molecule has 0 aliphatic carbocycles. The first-order valence-corrected chi connectivity index (χ1v) is 3.88. The number of hydrogen-bond acceptors (Lipinski definition) is 2. The third-order valence-electron chi connectivity index (χ3n) is 1.78. The summed E-state index contributed by atoms with van der Waals surface area (Å²) in [5, 5.41) is 9.04. The maximum atomic E-state index is 9.04. The summed E-state index contributed by atoms with van der Waals surface area (Å²) in [6.45, 7) is 6.49. The first-order valence-electron chi connectivity index (χ1n) is 3.88. The molecule has 0 aromatic carbocycles. The maximum absolute atomic E-state index is 9.04. The van der Waals surface area contributed by atoms with E-state index >= 15 is 0 Å². The van der Waals surface area contributed by atoms with E-state index in [0.29, 0.717) is 0 Å². The third-order valence-corrected chi connectivity index (χ3v) is 1.78. The highest BCUT2D eigenvalue weighted by atomic mass is 16.5. The average molecular weight is 146 g/mol. The molecule has 0 amide bonds. The number of ether oxygens (including phenoxy) is 1. The van der Waals surface area contributed by atoms with Crippen LogP contribution in [0.25, 0.3) is 0 Å². The molecule has 0 bridgehead atoms. The van der Waals surface area contributed by atoms with Crippen LogP contribution in [0.1, 0.15) is 6.92 Å². The summed E-state index contributed by atoms with van der Waals surface area (Å²) in [5.74, 6) is 0. The number of aliphatic hydroxyl groups excluding tert-OH is 1. The second kappa shape index (κ2) is 3.91. The molecular weight excluding hydrogens is 130 g/mol. The van der Waals surface area contributed by atoms with Crippen molar-refractivity contribution in [1.82, 2.24) is 0 Å². The summed E-state index contributed by atoms with van der Waals surface area (Å²) in [6, 6.07) is 0. The molecule has 3 heteroatoms. The second-order valence-electron chi connectivity index (χ2n) is 2.92. The van der Waals surface area contributed by atoms with Crippen LogP contribution >= 0.6 is 0 Å². The van der Waals surface area contributed by atoms with Crippen molar-refractivity contribution in [2.75, 3.05) is 32.8 Å². The van der Waals surface area contributed by atoms with E-state index in [4.69, 9.17) is 9.84 Å². The van der Waals surface area contributed by atoms with Crippen molar-refractivity contribution >= 4 is 0 Å². The molecule has 0 unspecified atom stereocenters. The van der Waals surface area contributed by atoms with E-state index in [0.717, 1.165) is 32.8 Å². The van der Waals surface area contributed by atoms with Gasteiger partial charge in [-0.1, -0.05) is 0 Å². The monoisotopic (exact) mass is 146 g/mol. The van der Waals surface area contributed by atoms with Gasteiger partial charge < -0.3 is 14.7 Å². The molecule has 3 nitrogen and oxygen atoms in total. The molecule has 1 rings (SSSR count). The van der Waals surface area contributed by atoms with Crippen LogP contribution in [0, 0.1) is 0 Å². The molecule has 1 aliphatic rings. The van der Waals surface area contributed by atoms with Gasteiger partial charge in [-0.15, -0.1) is 0 Å². The topological polar surface area (TPSA) is 33.9 Å². The number of morpholine rings is 1. The fourth-order valence-electron chi connectivity index (χ4n) is 1.28. The Bertz CT molecular complexity index is 89.6. The largest absolute Gasteiger partial charge is 0.388 e. The fraction of sp³-hybridized carbons (Fsp3) is 1.00. The van der Waals surface area contributed by atoms with E-state index in [-0.39, 0.29) is 6.10 Å². The lowest BCUT2D eigenvalue weighted by atomic mass is 10.3. The van der Waals surface area contributed by atoms with Crippen LogP contribution in [0.3, 0.4) is 0 Å². The van der Waals surface area contributed by atoms with Gasteiger partial charge in [0, 0.05) is 0 Å². The fourth-order valence-corrected chi connectivity index (χ4v) is 1.28. The maximum Gasteiger partial charge on any atom is 0.103 e. The molecular formula is C7H16NO2+. The number of aliphatic hydroxyl groups is 1. The molecule has 0 aromatic rings. The lowest BCUT2D eigenvalue weighted by Crippen LogP contribution is -3.15. The lowest BCUT2D eigenvalue weighted by molar-refractivity contribution is -0.910. The Hall–Kier alpha value is -0.120. The third kappa shape index (κ3) is 2.64. The van der Waals surface area contributed by atoms with Crippen molar-refractivity contribution in [1.29, 1.82) is 0 Å². The van der Waals surface area contributed by atoms with E-state index < -0.39 is 0 Å². The Kier molecular flexibility index (Phi) is 3.12. The van der Waals surface area contributed by atoms with E-state index in [1.807, 2.05) is 6.92 Å². The van der Waals surface area contributed by atoms with Gasteiger partial charge in [0.25, 0.3) is 0 Å². The van der Waals surface area contributed by atoms with Crippen LogP contribution in [0.15, 0.2) is 0 Å². The van der Waals surface area contributed by atoms with Crippen molar-refractivity contribution in [3.8, 4) is 0 Å². The molecule has 1 fully saturated rings. The van der Waals surface area contributed by atoms with Gasteiger partial charge in [0.15, 0.2) is 0 Å². The Labute approximate surface area is 61.6 Å². The first-order chi connectivity index (χ1) is 4.79. The Morgan fingerprint density at radius 2 is 2.10 bits per heavy atom. The molecule has 1 saturated heterocycles. The van der Waals surface area contributed by atoms with Crippen LogP contribution in [-0.2, 0) is 4.74 Å². The summed E-state index contributed by atoms with van der Waals surface area (Å²) in [6.07, 6.45) is -0.173. The van der Waals surface area contributed by atoms with Gasteiger partial charge in [-0.05, 0) is 6.92 Å². The number of rotatable bonds is 2. The molecule has 0 saturated carbocycles. The minimum absolute atomic E-state index is 0.173. The van der Waals surface area contributed by atoms with Crippen LogP contribution < -0.4 is 4.90 Å². The van der Waals surface area contributed by atoms with Crippen molar-refractivity contribution in [3.63, 3.8) is 0 Å². The molecule has 1 heterocycles. The zero-order valence-corrected chi connectivity index (χ0v) is 6.47. The molecule has 10 heavy (non-hydrogen) atoms. The van der Waals surface area contributed by atoms with Crippen LogP contribution in [0.4, 0.5) is 0 Å². The zero-order chi connectivity index (χ0) is 7.40. The Morgan fingerprint density at radius 3 is 2.60 bits per heavy atom. The highest BCUT2D eigenvalue weighted by Gasteiger charge is 2.14. The molecule has 0 radical (unpaired) electrons. The Morgan fingerprint density at radius 1 is 1.50 bits per heavy atom. The average Bonchev–Trinajstić information content (AvgIpc) is 1.88. The smallest absolute Gasteiger partial charge is 0.103 e. The predicted molar refractivity (Wildman–Crippen MR) is 38.1 cm³/mol. The summed E-state index contributed by atoms with van der Waals surface area (Å²) in [7, 11) is 0. The van der Waals surface area contributed by atoms with E-state index in [1.165, 1.54) is 4.90 Å². The Balaban J connectivity index is 2.13. The molecule has 60 valence electrons. The standard InChI is InChI=1S/C7H15NO2/c1-7(9)6-8-2-4-10-5-3-8/h7,9H,2-6H2,1H3/p+1/t7-/m1/s1. The summed E-state index contributed by atoms with van der Waals surface area (Å²) >= 11 is 0. The summed E-state index contributed by atoms with van der Waals surface area (Å²) < 4.78 is 5.18. The highest BCUT2D eigenvalue weighted by molar-refractivity contribution is 4.44. The van der Waals surface area contributed by atoms with Gasteiger partial charge in [-0.2, -0.15) is 0 Å². The first kappa shape index (κ1) is 7.98. The minimum Gasteiger partial charge on any atom is -0.388 e. The van der Waals surface area contributed by atoms with Crippen molar-refractivity contribution < 1.29 is 14.7 Å². The number of nitrogens with one attached hydrogen (secondary N) is 1. The second-order valence-corrected chi connectivity index (χ2v) is 2.92. The molecule has 0 spiro atoms. The van der Waals surface area contributed by atoms with Gasteiger partial charge in [-0.25, -0.2) is 0 Å². The van der Waals surface area contributed by atoms with E-state index in [9.17, 15) is 0 Å². The highest BCUT2D eigenvalue weighted by Crippen LogP contribution is 1.77. The molecule has 1 atom stereocenters. The normalized spacial score (nSPS) is 24.6. The molecule has 0 aromatic heterocycles. The summed E-state index contributed by atoms with van der Waals surface area (Å²) in [4.78, 5) is 1.46. The van der Waals surface area contributed by atoms with Crippen LogP contribution in [-0.4, -0.2) is 44.1 Å². The van der Waals surface area contributed by atoms with E-state index in [1.54, 1.807) is 0 Å². The van der Waals surface area contributed by atoms with Crippen LogP contribution in [0.5, 0.6) is 0 Å². The minimum atomic E-state index is -0.173. The zero-order valence-electron chi connectivity index (χ0n) is 6.47. The van der Waals surface area contributed by atoms with Gasteiger partial charge in [0.1, 0.15) is 25.7 Å². The van der Waals surface area contributed by atoms with Gasteiger partial charge in [0.2, 0.25) is 0 Å². The lowest BCUT2D eigenvalue weighted by Gasteiger charge is -2.24. The predicted octanol–water partition coefficient (Wildman–Crippen LogP) is -1.72. The van der Waals surface area contributed by atoms with Crippen molar-refractivity contribution in [2.24, 2.45) is 0 Å². The van der Waals surface area contributed by atoms with Gasteiger partial charge in [-0.3, -0.25) is 0 Å². The quantitative estimate of drug-likeness (QED) is 0.486. The van der Waals surface area contributed by atoms with Gasteiger partial charge >= 0.3 is 0 Å². The molecule has 2 N–H and O–H groups in total. The number of quaternary nitrogens is 1. The SMILES string of the molecule is C[C@@H](O)C[NH+]1CCOCC1. The van der Waals surface area contributed by atoms with Crippen molar-refractivity contribution in [2.45, 2.75) is 13.0 Å². The van der Waals surface area contributed by atoms with E-state index in [2.05, 4.69) is 0 Å².